The lowest BCUT2D eigenvalue weighted by atomic mass is 9.65. The van der Waals surface area contributed by atoms with Gasteiger partial charge in [-0.15, -0.1) is 11.3 Å². The third-order valence-electron chi connectivity index (χ3n) is 4.37. The van der Waals surface area contributed by atoms with Crippen molar-refractivity contribution in [2.75, 3.05) is 6.61 Å². The van der Waals surface area contributed by atoms with Gasteiger partial charge in [-0.25, -0.2) is 0 Å². The maximum Gasteiger partial charge on any atom is 0.308 e. The van der Waals surface area contributed by atoms with E-state index in [1.807, 2.05) is 32.9 Å². The third-order valence-corrected chi connectivity index (χ3v) is 6.13. The lowest BCUT2D eigenvalue weighted by molar-refractivity contribution is -0.158. The maximum absolute atomic E-state index is 11.9. The Morgan fingerprint density at radius 3 is 2.50 bits per heavy atom. The summed E-state index contributed by atoms with van der Waals surface area (Å²) in [7, 11) is 0. The van der Waals surface area contributed by atoms with Crippen LogP contribution in [-0.4, -0.2) is 17.7 Å². The van der Waals surface area contributed by atoms with Crippen molar-refractivity contribution in [1.29, 1.82) is 0 Å². The van der Waals surface area contributed by atoms with Gasteiger partial charge in [0.2, 0.25) is 0 Å². The van der Waals surface area contributed by atoms with E-state index in [1.54, 1.807) is 11.3 Å². The number of hydrogen-bond acceptors (Lipinski definition) is 4. The predicted octanol–water partition coefficient (Wildman–Crippen LogP) is 3.94. The molecule has 0 aliphatic heterocycles. The fourth-order valence-electron chi connectivity index (χ4n) is 3.26. The molecule has 0 aromatic carbocycles. The number of thiophene rings is 1. The quantitative estimate of drug-likeness (QED) is 0.830. The van der Waals surface area contributed by atoms with Gasteiger partial charge in [-0.1, -0.05) is 13.8 Å². The molecule has 3 nitrogen and oxygen atoms in total. The van der Waals surface area contributed by atoms with Crippen LogP contribution in [0.5, 0.6) is 0 Å². The highest BCUT2D eigenvalue weighted by molar-refractivity contribution is 9.11. The first-order chi connectivity index (χ1) is 9.39. The van der Waals surface area contributed by atoms with E-state index in [0.29, 0.717) is 19.4 Å². The SMILES string of the molecule is CCOC(=O)C1CC(C)C(O)(c2ccc(Br)s2)C(C)C1. The third kappa shape index (κ3) is 2.81. The normalized spacial score (nSPS) is 34.0. The molecular formula is C15H21BrO3S. The van der Waals surface area contributed by atoms with Crippen LogP contribution in [0.1, 0.15) is 38.5 Å². The largest absolute Gasteiger partial charge is 0.466 e. The number of hydrogen-bond donors (Lipinski definition) is 1. The van der Waals surface area contributed by atoms with Gasteiger partial charge in [-0.2, -0.15) is 0 Å². The number of esters is 1. The highest BCUT2D eigenvalue weighted by atomic mass is 79.9. The van der Waals surface area contributed by atoms with Crippen molar-refractivity contribution >= 4 is 33.2 Å². The zero-order chi connectivity index (χ0) is 14.9. The van der Waals surface area contributed by atoms with Crippen LogP contribution in [0.2, 0.25) is 0 Å². The van der Waals surface area contributed by atoms with E-state index in [9.17, 15) is 9.90 Å². The molecule has 1 aliphatic carbocycles. The summed E-state index contributed by atoms with van der Waals surface area (Å²) in [5.74, 6) is -0.151. The fourth-order valence-corrected chi connectivity index (χ4v) is 4.97. The summed E-state index contributed by atoms with van der Waals surface area (Å²) in [4.78, 5) is 12.9. The average molecular weight is 361 g/mol. The Balaban J connectivity index is 2.20. The van der Waals surface area contributed by atoms with Gasteiger partial charge < -0.3 is 9.84 Å². The van der Waals surface area contributed by atoms with Crippen LogP contribution in [0.25, 0.3) is 0 Å². The van der Waals surface area contributed by atoms with Gasteiger partial charge in [-0.3, -0.25) is 4.79 Å². The molecule has 0 bridgehead atoms. The molecule has 20 heavy (non-hydrogen) atoms. The van der Waals surface area contributed by atoms with Gasteiger partial charge in [0.25, 0.3) is 0 Å². The molecular weight excluding hydrogens is 340 g/mol. The summed E-state index contributed by atoms with van der Waals surface area (Å²) in [6, 6.07) is 3.95. The molecule has 1 N–H and O–H groups in total. The number of carbonyl (C=O) groups excluding carboxylic acids is 1. The fraction of sp³-hybridized carbons (Fsp3) is 0.667. The summed E-state index contributed by atoms with van der Waals surface area (Å²) < 4.78 is 6.15. The van der Waals surface area contributed by atoms with Crippen molar-refractivity contribution in [3.05, 3.63) is 20.8 Å². The summed E-state index contributed by atoms with van der Waals surface area (Å²) in [6.07, 6.45) is 1.35. The monoisotopic (exact) mass is 360 g/mol. The van der Waals surface area contributed by atoms with Gasteiger partial charge in [0.1, 0.15) is 5.60 Å². The second-order valence-electron chi connectivity index (χ2n) is 5.65. The molecule has 1 fully saturated rings. The highest BCUT2D eigenvalue weighted by Gasteiger charge is 2.48. The standard InChI is InChI=1S/C15H21BrO3S/c1-4-19-14(17)11-7-9(2)15(18,10(3)8-11)12-5-6-13(16)20-12/h5-6,9-11,18H,4,7-8H2,1-3H3. The van der Waals surface area contributed by atoms with E-state index < -0.39 is 5.60 Å². The number of halogens is 1. The molecule has 1 heterocycles. The van der Waals surface area contributed by atoms with Crippen molar-refractivity contribution in [2.45, 2.75) is 39.2 Å². The summed E-state index contributed by atoms with van der Waals surface area (Å²) in [6.45, 7) is 6.29. The van der Waals surface area contributed by atoms with Crippen molar-refractivity contribution in [3.63, 3.8) is 0 Å². The topological polar surface area (TPSA) is 46.5 Å². The number of carbonyl (C=O) groups is 1. The van der Waals surface area contributed by atoms with Gasteiger partial charge in [-0.05, 0) is 59.7 Å². The van der Waals surface area contributed by atoms with E-state index in [0.717, 1.165) is 8.66 Å². The summed E-state index contributed by atoms with van der Waals surface area (Å²) in [5, 5.41) is 11.2. The Hall–Kier alpha value is -0.390. The molecule has 2 rings (SSSR count). The van der Waals surface area contributed by atoms with Crippen LogP contribution in [0, 0.1) is 17.8 Å². The first kappa shape index (κ1) is 16.0. The van der Waals surface area contributed by atoms with Crippen LogP contribution in [0.15, 0.2) is 15.9 Å². The summed E-state index contributed by atoms with van der Waals surface area (Å²) >= 11 is 5.02. The van der Waals surface area contributed by atoms with Crippen molar-refractivity contribution in [3.8, 4) is 0 Å². The lowest BCUT2D eigenvalue weighted by Crippen LogP contribution is -2.46. The minimum Gasteiger partial charge on any atom is -0.466 e. The molecule has 0 amide bonds. The molecule has 1 aliphatic rings. The van der Waals surface area contributed by atoms with Crippen LogP contribution >= 0.6 is 27.3 Å². The lowest BCUT2D eigenvalue weighted by Gasteiger charge is -2.45. The maximum atomic E-state index is 11.9. The number of ether oxygens (including phenoxy) is 1. The van der Waals surface area contributed by atoms with Gasteiger partial charge in [0, 0.05) is 4.88 Å². The first-order valence-electron chi connectivity index (χ1n) is 7.04. The number of rotatable bonds is 3. The highest BCUT2D eigenvalue weighted by Crippen LogP contribution is 2.49. The van der Waals surface area contributed by atoms with Crippen molar-refractivity contribution < 1.29 is 14.6 Å². The van der Waals surface area contributed by atoms with Crippen LogP contribution in [-0.2, 0) is 15.1 Å². The molecule has 0 saturated heterocycles. The van der Waals surface area contributed by atoms with Crippen molar-refractivity contribution in [1.82, 2.24) is 0 Å². The molecule has 1 aromatic heterocycles. The molecule has 0 spiro atoms. The molecule has 2 unspecified atom stereocenters. The Morgan fingerprint density at radius 1 is 1.45 bits per heavy atom. The minimum atomic E-state index is -0.848. The van der Waals surface area contributed by atoms with Gasteiger partial charge in [0.15, 0.2) is 0 Å². The zero-order valence-corrected chi connectivity index (χ0v) is 14.5. The van der Waals surface area contributed by atoms with Crippen LogP contribution in [0.3, 0.4) is 0 Å². The summed E-state index contributed by atoms with van der Waals surface area (Å²) in [5.41, 5.74) is -0.848. The Labute approximate surface area is 132 Å². The van der Waals surface area contributed by atoms with Gasteiger partial charge >= 0.3 is 5.97 Å². The molecule has 5 heteroatoms. The first-order valence-corrected chi connectivity index (χ1v) is 8.65. The van der Waals surface area contributed by atoms with Gasteiger partial charge in [0.05, 0.1) is 16.3 Å². The van der Waals surface area contributed by atoms with Crippen LogP contribution in [0.4, 0.5) is 0 Å². The molecule has 112 valence electrons. The molecule has 1 saturated carbocycles. The van der Waals surface area contributed by atoms with E-state index >= 15 is 0 Å². The smallest absolute Gasteiger partial charge is 0.308 e. The van der Waals surface area contributed by atoms with Crippen LogP contribution < -0.4 is 0 Å². The van der Waals surface area contributed by atoms with E-state index in [4.69, 9.17) is 4.74 Å². The number of aliphatic hydroxyl groups is 1. The second kappa shape index (κ2) is 6.16. The molecule has 2 atom stereocenters. The van der Waals surface area contributed by atoms with E-state index in [1.165, 1.54) is 0 Å². The average Bonchev–Trinajstić information content (AvgIpc) is 2.82. The Kier molecular flexibility index (Phi) is 4.92. The Bertz CT molecular complexity index is 473. The molecule has 1 aromatic rings. The minimum absolute atomic E-state index is 0.0335. The van der Waals surface area contributed by atoms with E-state index in [-0.39, 0.29) is 23.7 Å². The van der Waals surface area contributed by atoms with Crippen molar-refractivity contribution in [2.24, 2.45) is 17.8 Å². The second-order valence-corrected chi connectivity index (χ2v) is 8.11. The predicted molar refractivity (Wildman–Crippen MR) is 83.6 cm³/mol. The Morgan fingerprint density at radius 2 is 2.05 bits per heavy atom. The molecule has 0 radical (unpaired) electrons. The van der Waals surface area contributed by atoms with E-state index in [2.05, 4.69) is 15.9 Å². The zero-order valence-electron chi connectivity index (χ0n) is 12.1.